The van der Waals surface area contributed by atoms with Gasteiger partial charge in [-0.25, -0.2) is 0 Å². The molecule has 0 aliphatic heterocycles. The quantitative estimate of drug-likeness (QED) is 0.279. The minimum Gasteiger partial charge on any atom is -0.383 e. The highest BCUT2D eigenvalue weighted by atomic mass is 16.7. The van der Waals surface area contributed by atoms with Gasteiger partial charge in [-0.1, -0.05) is 42.5 Å². The molecule has 0 aromatic heterocycles. The predicted octanol–water partition coefficient (Wildman–Crippen LogP) is 4.21. The molecule has 6 nitrogen and oxygen atoms in total. The van der Waals surface area contributed by atoms with Crippen molar-refractivity contribution in [2.75, 3.05) is 41.4 Å². The summed E-state index contributed by atoms with van der Waals surface area (Å²) in [7, 11) is 7.17. The summed E-state index contributed by atoms with van der Waals surface area (Å²) in [6.45, 7) is 7.25. The van der Waals surface area contributed by atoms with Crippen LogP contribution in [0.25, 0.3) is 10.8 Å². The molecule has 0 saturated carbocycles. The van der Waals surface area contributed by atoms with Crippen LogP contribution >= 0.6 is 0 Å². The van der Waals surface area contributed by atoms with Gasteiger partial charge in [0.2, 0.25) is 6.41 Å². The van der Waals surface area contributed by atoms with Crippen LogP contribution in [0.1, 0.15) is 31.1 Å². The first-order valence-corrected chi connectivity index (χ1v) is 9.98. The van der Waals surface area contributed by atoms with Crippen molar-refractivity contribution in [3.8, 4) is 0 Å². The van der Waals surface area contributed by atoms with Crippen molar-refractivity contribution >= 4 is 23.0 Å². The Kier molecular flexibility index (Phi) is 14.7. The van der Waals surface area contributed by atoms with Gasteiger partial charge in [-0.2, -0.15) is 0 Å². The Hall–Kier alpha value is -2.70. The molecule has 0 saturated heterocycles. The molecule has 2 aromatic rings. The zero-order valence-corrected chi connectivity index (χ0v) is 19.3. The van der Waals surface area contributed by atoms with Gasteiger partial charge >= 0.3 is 0 Å². The molecule has 0 unspecified atom stereocenters. The van der Waals surface area contributed by atoms with Crippen LogP contribution in [0, 0.1) is 0 Å². The van der Waals surface area contributed by atoms with E-state index >= 15 is 0 Å². The number of ether oxygens (including phenoxy) is 2. The van der Waals surface area contributed by atoms with E-state index in [1.807, 2.05) is 82.2 Å². The third-order valence-corrected chi connectivity index (χ3v) is 3.59. The SMILES string of the molecule is CCOC(C)OCC.CN(C)/C=C/C(=O)c1cccc2ccccc12.CN(C)C=O. The summed E-state index contributed by atoms with van der Waals surface area (Å²) < 4.78 is 10.1. The second-order valence-electron chi connectivity index (χ2n) is 6.72. The molecular formula is C24H36N2O4. The Morgan fingerprint density at radius 2 is 1.47 bits per heavy atom. The molecule has 0 atom stereocenters. The Morgan fingerprint density at radius 1 is 0.933 bits per heavy atom. The van der Waals surface area contributed by atoms with Gasteiger partial charge in [0, 0.05) is 59.2 Å². The van der Waals surface area contributed by atoms with Crippen LogP contribution < -0.4 is 0 Å². The summed E-state index contributed by atoms with van der Waals surface area (Å²) in [4.78, 5) is 24.8. The van der Waals surface area contributed by atoms with Gasteiger partial charge in [-0.3, -0.25) is 9.59 Å². The van der Waals surface area contributed by atoms with Crippen LogP contribution in [0.2, 0.25) is 0 Å². The number of fused-ring (bicyclic) bond motifs is 1. The lowest BCUT2D eigenvalue weighted by Crippen LogP contribution is -2.11. The molecule has 2 rings (SSSR count). The van der Waals surface area contributed by atoms with E-state index in [-0.39, 0.29) is 12.1 Å². The molecule has 166 valence electrons. The summed E-state index contributed by atoms with van der Waals surface area (Å²) in [5.74, 6) is 0.0375. The standard InChI is InChI=1S/C15H15NO.C6H14O2.C3H7NO/c1-16(2)11-10-15(17)14-9-5-7-12-6-3-4-8-13(12)14;1-4-7-6(3)8-5-2;1-4(2)3-5/h3-11H,1-2H3;6H,4-5H2,1-3H3;3H,1-2H3/b11-10+;;. The highest BCUT2D eigenvalue weighted by Gasteiger charge is 2.06. The van der Waals surface area contributed by atoms with E-state index in [2.05, 4.69) is 0 Å². The maximum Gasteiger partial charge on any atom is 0.209 e. The molecule has 0 bridgehead atoms. The van der Waals surface area contributed by atoms with E-state index in [0.29, 0.717) is 0 Å². The number of ketones is 1. The molecule has 6 heteroatoms. The van der Waals surface area contributed by atoms with Crippen molar-refractivity contribution in [3.63, 3.8) is 0 Å². The fraction of sp³-hybridized carbons (Fsp3) is 0.417. The van der Waals surface area contributed by atoms with Crippen molar-refractivity contribution in [3.05, 3.63) is 60.3 Å². The van der Waals surface area contributed by atoms with Crippen LogP contribution in [0.15, 0.2) is 54.7 Å². The monoisotopic (exact) mass is 416 g/mol. The van der Waals surface area contributed by atoms with E-state index in [9.17, 15) is 9.59 Å². The first-order valence-electron chi connectivity index (χ1n) is 9.98. The number of hydrogen-bond donors (Lipinski definition) is 0. The van der Waals surface area contributed by atoms with E-state index in [1.165, 1.54) is 4.90 Å². The number of carbonyl (C=O) groups excluding carboxylic acids is 2. The third kappa shape index (κ3) is 12.0. The van der Waals surface area contributed by atoms with Gasteiger partial charge in [0.15, 0.2) is 12.1 Å². The van der Waals surface area contributed by atoms with Crippen molar-refractivity contribution in [2.24, 2.45) is 0 Å². The molecular weight excluding hydrogens is 380 g/mol. The molecule has 0 aliphatic carbocycles. The summed E-state index contributed by atoms with van der Waals surface area (Å²) in [6, 6.07) is 13.7. The Bertz CT molecular complexity index is 761. The van der Waals surface area contributed by atoms with Gasteiger partial charge in [0.05, 0.1) is 0 Å². The molecule has 0 fully saturated rings. The van der Waals surface area contributed by atoms with Crippen LogP contribution in [-0.2, 0) is 14.3 Å². The van der Waals surface area contributed by atoms with Crippen LogP contribution in [0.3, 0.4) is 0 Å². The molecule has 0 aliphatic rings. The zero-order chi connectivity index (χ0) is 22.9. The predicted molar refractivity (Wildman–Crippen MR) is 124 cm³/mol. The third-order valence-electron chi connectivity index (χ3n) is 3.59. The Morgan fingerprint density at radius 3 is 1.97 bits per heavy atom. The Labute approximate surface area is 181 Å². The summed E-state index contributed by atoms with van der Waals surface area (Å²) in [5, 5.41) is 2.10. The highest BCUT2D eigenvalue weighted by molar-refractivity contribution is 6.13. The maximum absolute atomic E-state index is 12.0. The van der Waals surface area contributed by atoms with Gasteiger partial charge in [0.1, 0.15) is 0 Å². The molecule has 0 radical (unpaired) electrons. The first-order chi connectivity index (χ1) is 14.3. The zero-order valence-electron chi connectivity index (χ0n) is 19.3. The summed E-state index contributed by atoms with van der Waals surface area (Å²) in [6.07, 6.45) is 4.08. The highest BCUT2D eigenvalue weighted by Crippen LogP contribution is 2.19. The number of carbonyl (C=O) groups is 2. The normalized spacial score (nSPS) is 10.1. The van der Waals surface area contributed by atoms with Crippen molar-refractivity contribution in [1.82, 2.24) is 9.80 Å². The van der Waals surface area contributed by atoms with Crippen LogP contribution in [-0.4, -0.2) is 69.7 Å². The summed E-state index contributed by atoms with van der Waals surface area (Å²) in [5.41, 5.74) is 0.751. The van der Waals surface area contributed by atoms with Crippen molar-refractivity contribution < 1.29 is 19.1 Å². The Balaban J connectivity index is 0.000000540. The van der Waals surface area contributed by atoms with Crippen LogP contribution in [0.5, 0.6) is 0 Å². The lowest BCUT2D eigenvalue weighted by molar-refractivity contribution is -0.123. The smallest absolute Gasteiger partial charge is 0.209 e. The number of amides is 1. The van der Waals surface area contributed by atoms with E-state index in [0.717, 1.165) is 36.0 Å². The second-order valence-corrected chi connectivity index (χ2v) is 6.72. The van der Waals surface area contributed by atoms with Gasteiger partial charge in [-0.05, 0) is 31.5 Å². The van der Waals surface area contributed by atoms with E-state index in [4.69, 9.17) is 9.47 Å². The minimum absolute atomic E-state index is 0.0370. The minimum atomic E-state index is -0.0370. The second kappa shape index (κ2) is 16.1. The van der Waals surface area contributed by atoms with Gasteiger partial charge in [-0.15, -0.1) is 0 Å². The number of allylic oxidation sites excluding steroid dienone is 1. The van der Waals surface area contributed by atoms with Crippen molar-refractivity contribution in [2.45, 2.75) is 27.1 Å². The number of rotatable bonds is 8. The van der Waals surface area contributed by atoms with E-state index in [1.54, 1.807) is 26.4 Å². The largest absolute Gasteiger partial charge is 0.383 e. The molecule has 30 heavy (non-hydrogen) atoms. The summed E-state index contributed by atoms with van der Waals surface area (Å²) >= 11 is 0. The molecule has 1 amide bonds. The fourth-order valence-corrected chi connectivity index (χ4v) is 2.26. The van der Waals surface area contributed by atoms with Gasteiger partial charge in [0.25, 0.3) is 0 Å². The lowest BCUT2D eigenvalue weighted by Gasteiger charge is -2.09. The molecule has 2 aromatic carbocycles. The van der Waals surface area contributed by atoms with Crippen LogP contribution in [0.4, 0.5) is 0 Å². The molecule has 0 heterocycles. The molecule has 0 N–H and O–H groups in total. The number of hydrogen-bond acceptors (Lipinski definition) is 5. The van der Waals surface area contributed by atoms with E-state index < -0.39 is 0 Å². The topological polar surface area (TPSA) is 59.1 Å². The van der Waals surface area contributed by atoms with Gasteiger partial charge < -0.3 is 19.3 Å². The maximum atomic E-state index is 12.0. The first kappa shape index (κ1) is 27.3. The van der Waals surface area contributed by atoms with Crippen molar-refractivity contribution in [1.29, 1.82) is 0 Å². The molecule has 0 spiro atoms. The number of benzene rings is 2. The fourth-order valence-electron chi connectivity index (χ4n) is 2.26. The average molecular weight is 417 g/mol. The number of nitrogens with zero attached hydrogens (tertiary/aromatic N) is 2. The average Bonchev–Trinajstić information content (AvgIpc) is 2.73. The lowest BCUT2D eigenvalue weighted by atomic mass is 10.0.